The van der Waals surface area contributed by atoms with E-state index in [2.05, 4.69) is 58.1 Å². The fraction of sp³-hybridized carbons (Fsp3) is 0.625. The van der Waals surface area contributed by atoms with Gasteiger partial charge in [0.2, 0.25) is 0 Å². The van der Waals surface area contributed by atoms with Crippen LogP contribution in [0.2, 0.25) is 0 Å². The molecular weight excluding hydrogens is 206 g/mol. The van der Waals surface area contributed by atoms with Gasteiger partial charge in [-0.05, 0) is 41.4 Å². The number of benzene rings is 1. The van der Waals surface area contributed by atoms with Crippen molar-refractivity contribution in [3.05, 3.63) is 29.3 Å². The van der Waals surface area contributed by atoms with Gasteiger partial charge < -0.3 is 5.32 Å². The molecule has 1 nitrogen and oxygen atoms in total. The van der Waals surface area contributed by atoms with Crippen LogP contribution in [-0.4, -0.2) is 6.04 Å². The van der Waals surface area contributed by atoms with Crippen molar-refractivity contribution in [2.45, 2.75) is 58.9 Å². The minimum absolute atomic E-state index is 0.254. The number of nitrogens with one attached hydrogen (secondary N) is 1. The van der Waals surface area contributed by atoms with Gasteiger partial charge in [-0.25, -0.2) is 0 Å². The molecule has 1 atom stereocenters. The highest BCUT2D eigenvalue weighted by molar-refractivity contribution is 5.56. The maximum atomic E-state index is 3.68. The Balaban J connectivity index is 2.26. The van der Waals surface area contributed by atoms with Gasteiger partial charge in [0.05, 0.1) is 0 Å². The molecule has 1 aliphatic rings. The highest BCUT2D eigenvalue weighted by atomic mass is 14.9. The van der Waals surface area contributed by atoms with E-state index in [1.54, 1.807) is 0 Å². The molecule has 0 bridgehead atoms. The summed E-state index contributed by atoms with van der Waals surface area (Å²) < 4.78 is 0. The summed E-state index contributed by atoms with van der Waals surface area (Å²) >= 11 is 0. The zero-order chi connectivity index (χ0) is 12.6. The van der Waals surface area contributed by atoms with Crippen LogP contribution in [0.25, 0.3) is 0 Å². The molecular formula is C16H25N. The van der Waals surface area contributed by atoms with Gasteiger partial charge in [0.15, 0.2) is 0 Å². The van der Waals surface area contributed by atoms with E-state index in [1.807, 2.05) is 0 Å². The Morgan fingerprint density at radius 2 is 1.94 bits per heavy atom. The monoisotopic (exact) mass is 231 g/mol. The number of hydrogen-bond acceptors (Lipinski definition) is 1. The lowest BCUT2D eigenvalue weighted by Crippen LogP contribution is -2.30. The van der Waals surface area contributed by atoms with Crippen molar-refractivity contribution >= 4 is 5.69 Å². The lowest BCUT2D eigenvalue weighted by atomic mass is 9.83. The number of anilines is 1. The summed E-state index contributed by atoms with van der Waals surface area (Å²) in [6.45, 7) is 11.4. The molecule has 1 heteroatoms. The molecule has 1 N–H and O–H groups in total. The van der Waals surface area contributed by atoms with Crippen LogP contribution in [0.5, 0.6) is 0 Å². The first-order valence-corrected chi connectivity index (χ1v) is 6.78. The Hall–Kier alpha value is -0.980. The molecule has 0 amide bonds. The third-order valence-corrected chi connectivity index (χ3v) is 3.84. The summed E-state index contributed by atoms with van der Waals surface area (Å²) in [6.07, 6.45) is 2.48. The topological polar surface area (TPSA) is 12.0 Å². The van der Waals surface area contributed by atoms with Crippen LogP contribution in [0.4, 0.5) is 5.69 Å². The summed E-state index contributed by atoms with van der Waals surface area (Å²) in [7, 11) is 0. The predicted molar refractivity (Wildman–Crippen MR) is 75.7 cm³/mol. The lowest BCUT2D eigenvalue weighted by Gasteiger charge is -2.31. The number of hydrogen-bond donors (Lipinski definition) is 1. The third kappa shape index (κ3) is 2.65. The van der Waals surface area contributed by atoms with E-state index in [0.717, 1.165) is 0 Å². The van der Waals surface area contributed by atoms with Gasteiger partial charge >= 0.3 is 0 Å². The molecule has 0 saturated carbocycles. The molecule has 94 valence electrons. The average Bonchev–Trinajstić information content (AvgIpc) is 2.26. The van der Waals surface area contributed by atoms with Crippen LogP contribution < -0.4 is 5.32 Å². The van der Waals surface area contributed by atoms with Crippen molar-refractivity contribution < 1.29 is 0 Å². The Kier molecular flexibility index (Phi) is 3.20. The van der Waals surface area contributed by atoms with Gasteiger partial charge in [-0.15, -0.1) is 0 Å². The van der Waals surface area contributed by atoms with Crippen molar-refractivity contribution in [1.82, 2.24) is 0 Å². The van der Waals surface area contributed by atoms with Crippen LogP contribution in [0.3, 0.4) is 0 Å². The maximum Gasteiger partial charge on any atom is 0.0375 e. The quantitative estimate of drug-likeness (QED) is 0.757. The first-order valence-electron chi connectivity index (χ1n) is 6.78. The molecule has 1 aromatic carbocycles. The van der Waals surface area contributed by atoms with E-state index in [9.17, 15) is 0 Å². The van der Waals surface area contributed by atoms with E-state index < -0.39 is 0 Å². The molecule has 0 spiro atoms. The normalized spacial score (nSPS) is 20.0. The molecule has 1 aromatic rings. The highest BCUT2D eigenvalue weighted by Crippen LogP contribution is 2.32. The molecule has 17 heavy (non-hydrogen) atoms. The Morgan fingerprint density at radius 3 is 2.53 bits per heavy atom. The predicted octanol–water partition coefficient (Wildman–Crippen LogP) is 4.37. The number of fused-ring (bicyclic) bond motifs is 1. The molecule has 2 rings (SSSR count). The standard InChI is InChI=1S/C16H25N/c1-11(2)14-8-6-12-10-13(16(3,4)5)7-9-15(12)17-14/h7,9-11,14,17H,6,8H2,1-5H3. The van der Waals surface area contributed by atoms with Gasteiger partial charge in [0, 0.05) is 11.7 Å². The van der Waals surface area contributed by atoms with Crippen molar-refractivity contribution in [2.24, 2.45) is 5.92 Å². The van der Waals surface area contributed by atoms with Crippen LogP contribution in [0, 0.1) is 5.92 Å². The minimum atomic E-state index is 0.254. The fourth-order valence-electron chi connectivity index (χ4n) is 2.49. The van der Waals surface area contributed by atoms with E-state index in [0.29, 0.717) is 12.0 Å². The van der Waals surface area contributed by atoms with Gasteiger partial charge in [-0.1, -0.05) is 46.8 Å². The average molecular weight is 231 g/mol. The summed E-state index contributed by atoms with van der Waals surface area (Å²) in [6, 6.07) is 7.57. The minimum Gasteiger partial charge on any atom is -0.382 e. The molecule has 0 saturated heterocycles. The van der Waals surface area contributed by atoms with Crippen LogP contribution in [-0.2, 0) is 11.8 Å². The maximum absolute atomic E-state index is 3.68. The first kappa shape index (κ1) is 12.5. The smallest absolute Gasteiger partial charge is 0.0375 e. The molecule has 0 aromatic heterocycles. The molecule has 0 aliphatic carbocycles. The van der Waals surface area contributed by atoms with E-state index >= 15 is 0 Å². The zero-order valence-electron chi connectivity index (χ0n) is 11.8. The summed E-state index contributed by atoms with van der Waals surface area (Å²) in [4.78, 5) is 0. The number of aryl methyl sites for hydroxylation is 1. The van der Waals surface area contributed by atoms with Crippen LogP contribution in [0.15, 0.2) is 18.2 Å². The van der Waals surface area contributed by atoms with Crippen molar-refractivity contribution in [3.8, 4) is 0 Å². The second kappa shape index (κ2) is 4.36. The molecule has 1 unspecified atom stereocenters. The molecule has 0 radical (unpaired) electrons. The molecule has 1 heterocycles. The van der Waals surface area contributed by atoms with E-state index in [1.165, 1.54) is 29.7 Å². The third-order valence-electron chi connectivity index (χ3n) is 3.84. The Labute approximate surface area is 106 Å². The van der Waals surface area contributed by atoms with Crippen molar-refractivity contribution in [2.75, 3.05) is 5.32 Å². The largest absolute Gasteiger partial charge is 0.382 e. The summed E-state index contributed by atoms with van der Waals surface area (Å²) in [5.74, 6) is 0.713. The van der Waals surface area contributed by atoms with E-state index in [-0.39, 0.29) is 5.41 Å². The number of rotatable bonds is 1. The Morgan fingerprint density at radius 1 is 1.24 bits per heavy atom. The van der Waals surface area contributed by atoms with Crippen LogP contribution in [0.1, 0.15) is 52.2 Å². The first-order chi connectivity index (χ1) is 7.88. The second-order valence-electron chi connectivity index (χ2n) is 6.66. The molecule has 1 aliphatic heterocycles. The lowest BCUT2D eigenvalue weighted by molar-refractivity contribution is 0.482. The van der Waals surface area contributed by atoms with Crippen molar-refractivity contribution in [1.29, 1.82) is 0 Å². The highest BCUT2D eigenvalue weighted by Gasteiger charge is 2.22. The van der Waals surface area contributed by atoms with Crippen molar-refractivity contribution in [3.63, 3.8) is 0 Å². The van der Waals surface area contributed by atoms with Gasteiger partial charge in [0.1, 0.15) is 0 Å². The zero-order valence-corrected chi connectivity index (χ0v) is 11.8. The molecule has 0 fully saturated rings. The van der Waals surface area contributed by atoms with Gasteiger partial charge in [0.25, 0.3) is 0 Å². The summed E-state index contributed by atoms with van der Waals surface area (Å²) in [5, 5.41) is 3.68. The second-order valence-corrected chi connectivity index (χ2v) is 6.66. The summed E-state index contributed by atoms with van der Waals surface area (Å²) in [5.41, 5.74) is 4.54. The SMILES string of the molecule is CC(C)C1CCc2cc(C(C)(C)C)ccc2N1. The van der Waals surface area contributed by atoms with E-state index in [4.69, 9.17) is 0 Å². The Bertz CT molecular complexity index is 398. The van der Waals surface area contributed by atoms with Gasteiger partial charge in [-0.2, -0.15) is 0 Å². The van der Waals surface area contributed by atoms with Crippen LogP contribution >= 0.6 is 0 Å². The fourth-order valence-corrected chi connectivity index (χ4v) is 2.49. The van der Waals surface area contributed by atoms with Gasteiger partial charge in [-0.3, -0.25) is 0 Å².